The second-order valence-corrected chi connectivity index (χ2v) is 4.94. The third kappa shape index (κ3) is 1.69. The third-order valence-corrected chi connectivity index (χ3v) is 3.13. The molecule has 1 saturated heterocycles. The molecule has 1 heterocycles. The number of benzene rings is 1. The molecule has 17 heavy (non-hydrogen) atoms. The first-order valence-corrected chi connectivity index (χ1v) is 5.57. The summed E-state index contributed by atoms with van der Waals surface area (Å²) in [6.45, 7) is 7.42. The topological polar surface area (TPSA) is 49.4 Å². The molecule has 0 aromatic heterocycles. The molecule has 0 unspecified atom stereocenters. The van der Waals surface area contributed by atoms with Crippen molar-refractivity contribution in [1.29, 1.82) is 0 Å². The summed E-state index contributed by atoms with van der Waals surface area (Å²) in [7, 11) is 0. The Kier molecular flexibility index (Phi) is 2.45. The van der Waals surface area contributed by atoms with Crippen molar-refractivity contribution in [2.24, 2.45) is 0 Å². The molecule has 0 radical (unpaired) electrons. The van der Waals surface area contributed by atoms with Gasteiger partial charge in [0.1, 0.15) is 5.54 Å². The van der Waals surface area contributed by atoms with Gasteiger partial charge >= 0.3 is 6.03 Å². The molecule has 1 fully saturated rings. The lowest BCUT2D eigenvalue weighted by molar-refractivity contribution is -0.122. The number of carbonyl (C=O) groups is 2. The van der Waals surface area contributed by atoms with E-state index in [0.717, 1.165) is 16.8 Å². The van der Waals surface area contributed by atoms with Crippen LogP contribution < -0.4 is 10.2 Å². The van der Waals surface area contributed by atoms with Gasteiger partial charge in [-0.05, 0) is 39.3 Å². The zero-order valence-corrected chi connectivity index (χ0v) is 10.5. The van der Waals surface area contributed by atoms with Gasteiger partial charge in [-0.25, -0.2) is 4.79 Å². The second kappa shape index (κ2) is 3.58. The van der Waals surface area contributed by atoms with Crippen molar-refractivity contribution in [2.75, 3.05) is 4.90 Å². The minimum atomic E-state index is -0.836. The van der Waals surface area contributed by atoms with Crippen LogP contribution in [0.4, 0.5) is 10.5 Å². The molecule has 2 rings (SSSR count). The largest absolute Gasteiger partial charge is 0.329 e. The van der Waals surface area contributed by atoms with Crippen LogP contribution in [0.2, 0.25) is 0 Å². The third-order valence-electron chi connectivity index (χ3n) is 3.13. The van der Waals surface area contributed by atoms with E-state index in [1.165, 1.54) is 4.90 Å². The Morgan fingerprint density at radius 2 is 1.82 bits per heavy atom. The fourth-order valence-electron chi connectivity index (χ4n) is 2.13. The number of imide groups is 1. The van der Waals surface area contributed by atoms with E-state index in [9.17, 15) is 9.59 Å². The van der Waals surface area contributed by atoms with E-state index < -0.39 is 5.54 Å². The quantitative estimate of drug-likeness (QED) is 0.754. The molecule has 90 valence electrons. The second-order valence-electron chi connectivity index (χ2n) is 4.94. The van der Waals surface area contributed by atoms with E-state index in [1.54, 1.807) is 13.8 Å². The predicted octanol–water partition coefficient (Wildman–Crippen LogP) is 2.14. The maximum Gasteiger partial charge on any atom is 0.329 e. The molecule has 1 aromatic rings. The number of hydrogen-bond donors (Lipinski definition) is 1. The maximum absolute atomic E-state index is 11.8. The van der Waals surface area contributed by atoms with E-state index >= 15 is 0 Å². The van der Waals surface area contributed by atoms with E-state index in [2.05, 4.69) is 5.32 Å². The average Bonchev–Trinajstić information content (AvgIpc) is 2.39. The summed E-state index contributed by atoms with van der Waals surface area (Å²) < 4.78 is 0. The smallest absolute Gasteiger partial charge is 0.279 e. The van der Waals surface area contributed by atoms with Gasteiger partial charge < -0.3 is 0 Å². The first kappa shape index (κ1) is 11.6. The number of rotatable bonds is 1. The minimum absolute atomic E-state index is 0.262. The molecule has 0 aliphatic carbocycles. The predicted molar refractivity (Wildman–Crippen MR) is 66.0 cm³/mol. The van der Waals surface area contributed by atoms with Gasteiger partial charge in [0, 0.05) is 5.69 Å². The van der Waals surface area contributed by atoms with Crippen molar-refractivity contribution in [2.45, 2.75) is 33.2 Å². The number of anilines is 1. The van der Waals surface area contributed by atoms with Crippen LogP contribution in [-0.4, -0.2) is 17.5 Å². The molecule has 0 saturated carbocycles. The van der Waals surface area contributed by atoms with Gasteiger partial charge in [0.25, 0.3) is 5.91 Å². The summed E-state index contributed by atoms with van der Waals surface area (Å²) in [6, 6.07) is 5.47. The van der Waals surface area contributed by atoms with Crippen molar-refractivity contribution in [3.8, 4) is 0 Å². The monoisotopic (exact) mass is 232 g/mol. The molecular weight excluding hydrogens is 216 g/mol. The SMILES string of the molecule is Cc1ccc(N2C(=O)NC(=O)C2(C)C)c(C)c1. The lowest BCUT2D eigenvalue weighted by Gasteiger charge is -2.29. The molecule has 0 bridgehead atoms. The molecule has 0 atom stereocenters. The first-order valence-electron chi connectivity index (χ1n) is 5.57. The van der Waals surface area contributed by atoms with E-state index in [0.29, 0.717) is 0 Å². The van der Waals surface area contributed by atoms with E-state index in [-0.39, 0.29) is 11.9 Å². The number of amides is 3. The summed E-state index contributed by atoms with van der Waals surface area (Å²) in [5.41, 5.74) is 2.07. The van der Waals surface area contributed by atoms with Crippen LogP contribution in [0, 0.1) is 13.8 Å². The Labute approximate surface area is 101 Å². The highest BCUT2D eigenvalue weighted by Crippen LogP contribution is 2.31. The summed E-state index contributed by atoms with van der Waals surface area (Å²) in [4.78, 5) is 25.0. The van der Waals surface area contributed by atoms with Gasteiger partial charge in [0.05, 0.1) is 0 Å². The van der Waals surface area contributed by atoms with Crippen LogP contribution in [0.15, 0.2) is 18.2 Å². The minimum Gasteiger partial charge on any atom is -0.279 e. The van der Waals surface area contributed by atoms with Crippen LogP contribution >= 0.6 is 0 Å². The standard InChI is InChI=1S/C13H16N2O2/c1-8-5-6-10(9(2)7-8)15-12(17)14-11(16)13(15,3)4/h5-7H,1-4H3,(H,14,16,17). The summed E-state index contributed by atoms with van der Waals surface area (Å²) in [5, 5.41) is 2.35. The summed E-state index contributed by atoms with van der Waals surface area (Å²) in [5.74, 6) is -0.262. The fraction of sp³-hybridized carbons (Fsp3) is 0.385. The molecule has 1 aromatic carbocycles. The van der Waals surface area contributed by atoms with Crippen molar-refractivity contribution >= 4 is 17.6 Å². The van der Waals surface area contributed by atoms with Gasteiger partial charge in [-0.1, -0.05) is 17.7 Å². The molecule has 1 aliphatic heterocycles. The van der Waals surface area contributed by atoms with Gasteiger partial charge in [0.2, 0.25) is 0 Å². The highest BCUT2D eigenvalue weighted by molar-refractivity contribution is 6.16. The number of nitrogens with zero attached hydrogens (tertiary/aromatic N) is 1. The van der Waals surface area contributed by atoms with Crippen LogP contribution in [0.25, 0.3) is 0 Å². The van der Waals surface area contributed by atoms with Crippen molar-refractivity contribution < 1.29 is 9.59 Å². The van der Waals surface area contributed by atoms with Crippen LogP contribution in [-0.2, 0) is 4.79 Å². The van der Waals surface area contributed by atoms with Gasteiger partial charge in [-0.3, -0.25) is 15.0 Å². The number of carbonyl (C=O) groups excluding carboxylic acids is 2. The van der Waals surface area contributed by atoms with E-state index in [1.807, 2.05) is 32.0 Å². The number of hydrogen-bond acceptors (Lipinski definition) is 2. The maximum atomic E-state index is 11.8. The Morgan fingerprint density at radius 3 is 2.29 bits per heavy atom. The Balaban J connectivity index is 2.53. The van der Waals surface area contributed by atoms with Gasteiger partial charge in [-0.2, -0.15) is 0 Å². The lowest BCUT2D eigenvalue weighted by Crippen LogP contribution is -2.44. The number of nitrogens with one attached hydrogen (secondary N) is 1. The first-order chi connectivity index (χ1) is 7.84. The summed E-state index contributed by atoms with van der Waals surface area (Å²) in [6.07, 6.45) is 0. The molecule has 4 heteroatoms. The van der Waals surface area contributed by atoms with Crippen molar-refractivity contribution in [1.82, 2.24) is 5.32 Å². The number of urea groups is 1. The fourth-order valence-corrected chi connectivity index (χ4v) is 2.13. The molecule has 3 amide bonds. The van der Waals surface area contributed by atoms with Gasteiger partial charge in [0.15, 0.2) is 0 Å². The van der Waals surface area contributed by atoms with Crippen molar-refractivity contribution in [3.63, 3.8) is 0 Å². The lowest BCUT2D eigenvalue weighted by atomic mass is 10.0. The van der Waals surface area contributed by atoms with E-state index in [4.69, 9.17) is 0 Å². The molecule has 4 nitrogen and oxygen atoms in total. The Bertz CT molecular complexity index is 506. The van der Waals surface area contributed by atoms with Crippen molar-refractivity contribution in [3.05, 3.63) is 29.3 Å². The molecular formula is C13H16N2O2. The summed E-state index contributed by atoms with van der Waals surface area (Å²) >= 11 is 0. The van der Waals surface area contributed by atoms with Gasteiger partial charge in [-0.15, -0.1) is 0 Å². The van der Waals surface area contributed by atoms with Crippen LogP contribution in [0.5, 0.6) is 0 Å². The molecule has 0 spiro atoms. The zero-order chi connectivity index (χ0) is 12.8. The number of aryl methyl sites for hydroxylation is 2. The highest BCUT2D eigenvalue weighted by Gasteiger charge is 2.46. The van der Waals surface area contributed by atoms with Crippen LogP contribution in [0.3, 0.4) is 0 Å². The molecule has 1 aliphatic rings. The average molecular weight is 232 g/mol. The zero-order valence-electron chi connectivity index (χ0n) is 10.5. The van der Waals surface area contributed by atoms with Crippen LogP contribution in [0.1, 0.15) is 25.0 Å². The normalized spacial score (nSPS) is 18.5. The highest BCUT2D eigenvalue weighted by atomic mass is 16.2. The Morgan fingerprint density at radius 1 is 1.18 bits per heavy atom. The Hall–Kier alpha value is -1.84. The molecule has 1 N–H and O–H groups in total.